The maximum absolute atomic E-state index is 12.8. The topological polar surface area (TPSA) is 68.5 Å². The molecule has 4 rings (SSSR count). The highest BCUT2D eigenvalue weighted by molar-refractivity contribution is 5.92. The second-order valence-corrected chi connectivity index (χ2v) is 6.21. The zero-order valence-electron chi connectivity index (χ0n) is 14.2. The first kappa shape index (κ1) is 16.3. The Labute approximate surface area is 151 Å². The van der Waals surface area contributed by atoms with Gasteiger partial charge in [-0.1, -0.05) is 29.4 Å². The van der Waals surface area contributed by atoms with Crippen molar-refractivity contribution in [2.24, 2.45) is 0 Å². The molecule has 0 spiro atoms. The van der Waals surface area contributed by atoms with Crippen LogP contribution in [0.2, 0.25) is 0 Å². The number of aromatic nitrogens is 2. The van der Waals surface area contributed by atoms with Gasteiger partial charge in [0, 0.05) is 18.8 Å². The fraction of sp³-hybridized carbons (Fsp3) is 0.250. The Morgan fingerprint density at radius 3 is 2.81 bits per heavy atom. The van der Waals surface area contributed by atoms with Crippen molar-refractivity contribution in [1.29, 1.82) is 0 Å². The van der Waals surface area contributed by atoms with Crippen molar-refractivity contribution < 1.29 is 14.1 Å². The number of rotatable bonds is 5. The standard InChI is InChI=1S/C20H19N3O3/c24-20(19-13-18(22-26-19)17-10-4-5-11-21-17)23-12-6-7-15(23)14-25-16-8-2-1-3-9-16/h1-5,8-11,13,15H,6-7,12,14H2/t15-/m0/s1. The average Bonchev–Trinajstić information content (AvgIpc) is 3.37. The van der Waals surface area contributed by atoms with E-state index in [4.69, 9.17) is 9.26 Å². The Hall–Kier alpha value is -3.15. The van der Waals surface area contributed by atoms with E-state index >= 15 is 0 Å². The lowest BCUT2D eigenvalue weighted by Gasteiger charge is -2.23. The summed E-state index contributed by atoms with van der Waals surface area (Å²) in [6, 6.07) is 16.9. The zero-order chi connectivity index (χ0) is 17.8. The predicted octanol–water partition coefficient (Wildman–Crippen LogP) is 3.42. The summed E-state index contributed by atoms with van der Waals surface area (Å²) in [6.07, 6.45) is 3.55. The van der Waals surface area contributed by atoms with Gasteiger partial charge in [0.05, 0.1) is 11.7 Å². The molecule has 1 saturated heterocycles. The highest BCUT2D eigenvalue weighted by Crippen LogP contribution is 2.23. The smallest absolute Gasteiger partial charge is 0.292 e. The minimum Gasteiger partial charge on any atom is -0.491 e. The molecule has 0 radical (unpaired) electrons. The lowest BCUT2D eigenvalue weighted by molar-refractivity contribution is 0.0650. The fourth-order valence-electron chi connectivity index (χ4n) is 3.14. The number of pyridine rings is 1. The first-order valence-corrected chi connectivity index (χ1v) is 8.68. The summed E-state index contributed by atoms with van der Waals surface area (Å²) < 4.78 is 11.1. The van der Waals surface area contributed by atoms with Crippen molar-refractivity contribution in [2.45, 2.75) is 18.9 Å². The number of carbonyl (C=O) groups is 1. The molecule has 0 saturated carbocycles. The van der Waals surface area contributed by atoms with Gasteiger partial charge in [-0.3, -0.25) is 9.78 Å². The second kappa shape index (κ2) is 7.39. The molecule has 6 heteroatoms. The van der Waals surface area contributed by atoms with Gasteiger partial charge in [0.1, 0.15) is 18.1 Å². The molecular weight excluding hydrogens is 330 g/mol. The molecule has 0 N–H and O–H groups in total. The van der Waals surface area contributed by atoms with Gasteiger partial charge in [0.2, 0.25) is 5.76 Å². The summed E-state index contributed by atoms with van der Waals surface area (Å²) in [6.45, 7) is 1.16. The molecule has 3 heterocycles. The Kier molecular flexibility index (Phi) is 4.64. The van der Waals surface area contributed by atoms with Gasteiger partial charge in [-0.25, -0.2) is 0 Å². The van der Waals surface area contributed by atoms with Crippen LogP contribution in [0.4, 0.5) is 0 Å². The van der Waals surface area contributed by atoms with Crippen molar-refractivity contribution >= 4 is 5.91 Å². The molecule has 0 unspecified atom stereocenters. The lowest BCUT2D eigenvalue weighted by atomic mass is 10.2. The van der Waals surface area contributed by atoms with Gasteiger partial charge < -0.3 is 14.2 Å². The quantitative estimate of drug-likeness (QED) is 0.706. The van der Waals surface area contributed by atoms with Crippen LogP contribution in [0.25, 0.3) is 11.4 Å². The molecule has 1 atom stereocenters. The molecule has 1 aliphatic rings. The number of carbonyl (C=O) groups excluding carboxylic acids is 1. The van der Waals surface area contributed by atoms with E-state index in [1.54, 1.807) is 12.3 Å². The molecule has 1 amide bonds. The largest absolute Gasteiger partial charge is 0.491 e. The van der Waals surface area contributed by atoms with E-state index in [9.17, 15) is 4.79 Å². The summed E-state index contributed by atoms with van der Waals surface area (Å²) in [5.74, 6) is 0.889. The number of hydrogen-bond acceptors (Lipinski definition) is 5. The zero-order valence-corrected chi connectivity index (χ0v) is 14.2. The third-order valence-corrected chi connectivity index (χ3v) is 4.47. The number of nitrogens with zero attached hydrogens (tertiary/aromatic N) is 3. The molecule has 3 aromatic rings. The molecule has 1 aromatic carbocycles. The van der Waals surface area contributed by atoms with Crippen LogP contribution in [-0.4, -0.2) is 40.1 Å². The van der Waals surface area contributed by atoms with Crippen LogP contribution in [0.3, 0.4) is 0 Å². The number of likely N-dealkylation sites (tertiary alicyclic amines) is 1. The molecular formula is C20H19N3O3. The molecule has 6 nitrogen and oxygen atoms in total. The Balaban J connectivity index is 1.44. The van der Waals surface area contributed by atoms with Gasteiger partial charge >= 0.3 is 0 Å². The minimum atomic E-state index is -0.154. The highest BCUT2D eigenvalue weighted by Gasteiger charge is 2.32. The third kappa shape index (κ3) is 3.44. The van der Waals surface area contributed by atoms with Crippen LogP contribution in [-0.2, 0) is 0 Å². The van der Waals surface area contributed by atoms with Crippen LogP contribution < -0.4 is 4.74 Å². The van der Waals surface area contributed by atoms with Gasteiger partial charge in [-0.15, -0.1) is 0 Å². The van der Waals surface area contributed by atoms with E-state index in [2.05, 4.69) is 10.1 Å². The minimum absolute atomic E-state index is 0.0334. The summed E-state index contributed by atoms with van der Waals surface area (Å²) in [5.41, 5.74) is 1.24. The van der Waals surface area contributed by atoms with Crippen LogP contribution in [0.15, 0.2) is 65.3 Å². The Bertz CT molecular complexity index is 864. The number of para-hydroxylation sites is 1. The van der Waals surface area contributed by atoms with Gasteiger partial charge in [-0.05, 0) is 37.1 Å². The molecule has 1 aliphatic heterocycles. The van der Waals surface area contributed by atoms with Crippen molar-refractivity contribution in [3.63, 3.8) is 0 Å². The maximum atomic E-state index is 12.8. The fourth-order valence-corrected chi connectivity index (χ4v) is 3.14. The van der Waals surface area contributed by atoms with E-state index in [1.165, 1.54) is 0 Å². The van der Waals surface area contributed by atoms with E-state index in [0.717, 1.165) is 18.6 Å². The third-order valence-electron chi connectivity index (χ3n) is 4.47. The summed E-state index contributed by atoms with van der Waals surface area (Å²) >= 11 is 0. The lowest BCUT2D eigenvalue weighted by Crippen LogP contribution is -2.38. The van der Waals surface area contributed by atoms with Crippen LogP contribution in [0.1, 0.15) is 23.4 Å². The summed E-state index contributed by atoms with van der Waals surface area (Å²) in [5, 5.41) is 3.98. The van der Waals surface area contributed by atoms with Crippen LogP contribution >= 0.6 is 0 Å². The van der Waals surface area contributed by atoms with Crippen molar-refractivity contribution in [3.8, 4) is 17.1 Å². The molecule has 2 aromatic heterocycles. The highest BCUT2D eigenvalue weighted by atomic mass is 16.5. The van der Waals surface area contributed by atoms with E-state index in [0.29, 0.717) is 24.5 Å². The number of hydrogen-bond donors (Lipinski definition) is 0. The second-order valence-electron chi connectivity index (χ2n) is 6.21. The van der Waals surface area contributed by atoms with Crippen molar-refractivity contribution in [2.75, 3.05) is 13.2 Å². The average molecular weight is 349 g/mol. The Morgan fingerprint density at radius 2 is 2.00 bits per heavy atom. The van der Waals surface area contributed by atoms with Crippen LogP contribution in [0.5, 0.6) is 5.75 Å². The first-order chi connectivity index (χ1) is 12.8. The number of amides is 1. The maximum Gasteiger partial charge on any atom is 0.292 e. The molecule has 1 fully saturated rings. The predicted molar refractivity (Wildman–Crippen MR) is 95.7 cm³/mol. The SMILES string of the molecule is O=C(c1cc(-c2ccccn2)no1)N1CCC[C@H]1COc1ccccc1. The number of ether oxygens (including phenoxy) is 1. The van der Waals surface area contributed by atoms with Crippen molar-refractivity contribution in [1.82, 2.24) is 15.0 Å². The monoisotopic (exact) mass is 349 g/mol. The van der Waals surface area contributed by atoms with Gasteiger partial charge in [0.15, 0.2) is 0 Å². The van der Waals surface area contributed by atoms with E-state index in [-0.39, 0.29) is 17.7 Å². The summed E-state index contributed by atoms with van der Waals surface area (Å²) in [7, 11) is 0. The van der Waals surface area contributed by atoms with E-state index < -0.39 is 0 Å². The van der Waals surface area contributed by atoms with Gasteiger partial charge in [-0.2, -0.15) is 0 Å². The Morgan fingerprint density at radius 1 is 1.15 bits per heavy atom. The molecule has 0 aliphatic carbocycles. The van der Waals surface area contributed by atoms with Gasteiger partial charge in [0.25, 0.3) is 5.91 Å². The normalized spacial score (nSPS) is 16.6. The van der Waals surface area contributed by atoms with Crippen LogP contribution in [0, 0.1) is 0 Å². The molecule has 0 bridgehead atoms. The summed E-state index contributed by atoms with van der Waals surface area (Å²) in [4.78, 5) is 18.9. The first-order valence-electron chi connectivity index (χ1n) is 8.68. The van der Waals surface area contributed by atoms with E-state index in [1.807, 2.05) is 53.4 Å². The van der Waals surface area contributed by atoms with Crippen molar-refractivity contribution in [3.05, 3.63) is 66.6 Å². The number of benzene rings is 1. The molecule has 26 heavy (non-hydrogen) atoms. The molecule has 132 valence electrons.